The number of ether oxygens (including phenoxy) is 1. The molecule has 0 aliphatic carbocycles. The second kappa shape index (κ2) is 10.3. The van der Waals surface area contributed by atoms with Crippen molar-refractivity contribution in [3.8, 4) is 6.07 Å². The molecule has 0 saturated carbocycles. The first-order valence-electron chi connectivity index (χ1n) is 5.28. The van der Waals surface area contributed by atoms with Crippen molar-refractivity contribution in [2.45, 2.75) is 52.0 Å². The maximum absolute atomic E-state index is 10.8. The molecule has 8 heteroatoms. The fourth-order valence-corrected chi connectivity index (χ4v) is 2.36. The first-order chi connectivity index (χ1) is 7.19. The largest absolute Gasteiger partial charge is 1.00 e. The molecule has 0 radical (unpaired) electrons. The van der Waals surface area contributed by atoms with E-state index < -0.39 is 19.0 Å². The van der Waals surface area contributed by atoms with Crippen LogP contribution in [0.15, 0.2) is 0 Å². The summed E-state index contributed by atoms with van der Waals surface area (Å²) >= 11 is 0. The van der Waals surface area contributed by atoms with Crippen LogP contribution in [0.2, 0.25) is 0 Å². The van der Waals surface area contributed by atoms with E-state index in [4.69, 9.17) is 10.00 Å². The fourth-order valence-electron chi connectivity index (χ4n) is 1.82. The summed E-state index contributed by atoms with van der Waals surface area (Å²) in [5.74, 6) is -1.79. The summed E-state index contributed by atoms with van der Waals surface area (Å²) in [5.41, 5.74) is -0.797. The molecule has 5 nitrogen and oxygen atoms in total. The van der Waals surface area contributed by atoms with E-state index in [1.165, 1.54) is 6.07 Å². The minimum absolute atomic E-state index is 0. The van der Waals surface area contributed by atoms with Crippen LogP contribution >= 0.6 is 7.60 Å². The van der Waals surface area contributed by atoms with Crippen molar-refractivity contribution in [2.75, 3.05) is 0 Å². The molecule has 0 spiro atoms. The Hall–Kier alpha value is 1.60. The molecule has 1 unspecified atom stereocenters. The maximum Gasteiger partial charge on any atom is 1.00 e. The van der Waals surface area contributed by atoms with Crippen molar-refractivity contribution < 1.29 is 78.2 Å². The van der Waals surface area contributed by atoms with Crippen LogP contribution in [0.1, 0.15) is 40.5 Å². The van der Waals surface area contributed by atoms with Gasteiger partial charge in [-0.1, -0.05) is 26.7 Å². The third-order valence-electron chi connectivity index (χ3n) is 2.78. The Bertz CT molecular complexity index is 309. The molecule has 0 bridgehead atoms. The Balaban J connectivity index is -0.00000112. The Morgan fingerprint density at radius 1 is 1.28 bits per heavy atom. The van der Waals surface area contributed by atoms with Gasteiger partial charge in [0.05, 0.1) is 11.7 Å². The Kier molecular flexibility index (Phi) is 14.1. The molecule has 1 atom stereocenters. The van der Waals surface area contributed by atoms with Crippen LogP contribution in [0.5, 0.6) is 0 Å². The summed E-state index contributed by atoms with van der Waals surface area (Å²) in [6, 6.07) is 1.39. The smallest absolute Gasteiger partial charge is 0.808 e. The number of nitriles is 1. The SMILES string of the molecule is CCC(CC)C(C)(C)OC(C#N)P(=O)([O-])[O-].[Na+].[Na+]. The Morgan fingerprint density at radius 2 is 1.67 bits per heavy atom. The predicted molar refractivity (Wildman–Crippen MR) is 56.2 cm³/mol. The third kappa shape index (κ3) is 8.01. The van der Waals surface area contributed by atoms with Gasteiger partial charge >= 0.3 is 59.1 Å². The van der Waals surface area contributed by atoms with Crippen molar-refractivity contribution in [1.82, 2.24) is 0 Å². The Morgan fingerprint density at radius 3 is 1.89 bits per heavy atom. The quantitative estimate of drug-likeness (QED) is 0.361. The summed E-state index contributed by atoms with van der Waals surface area (Å²) in [6.45, 7) is 7.30. The zero-order valence-electron chi connectivity index (χ0n) is 12.1. The van der Waals surface area contributed by atoms with Crippen LogP contribution in [0, 0.1) is 17.2 Å². The molecule has 0 aromatic rings. The standard InChI is InChI=1S/C10H20NO4P.2Na/c1-5-8(6-2)10(3,4)15-9(7-11)16(12,13)14;;/h8-9H,5-6H2,1-4H3,(H2,12,13,14);;/q;2*+1/p-2. The molecule has 0 saturated heterocycles. The normalized spacial score (nSPS) is 13.2. The molecule has 0 aliphatic rings. The van der Waals surface area contributed by atoms with E-state index in [0.29, 0.717) is 0 Å². The second-order valence-corrected chi connectivity index (χ2v) is 5.80. The van der Waals surface area contributed by atoms with E-state index in [0.717, 1.165) is 12.8 Å². The first-order valence-corrected chi connectivity index (χ1v) is 6.89. The van der Waals surface area contributed by atoms with E-state index in [-0.39, 0.29) is 65.0 Å². The van der Waals surface area contributed by atoms with Gasteiger partial charge in [-0.3, -0.25) is 0 Å². The van der Waals surface area contributed by atoms with Gasteiger partial charge in [-0.05, 0) is 27.4 Å². The van der Waals surface area contributed by atoms with Crippen molar-refractivity contribution in [3.05, 3.63) is 0 Å². The Labute approximate surface area is 153 Å². The second-order valence-electron chi connectivity index (χ2n) is 4.26. The molecule has 0 N–H and O–H groups in total. The van der Waals surface area contributed by atoms with Gasteiger partial charge in [0.1, 0.15) is 0 Å². The van der Waals surface area contributed by atoms with Gasteiger partial charge < -0.3 is 19.1 Å². The van der Waals surface area contributed by atoms with Crippen LogP contribution in [0.3, 0.4) is 0 Å². The first kappa shape index (κ1) is 24.6. The van der Waals surface area contributed by atoms with E-state index in [1.807, 2.05) is 13.8 Å². The number of nitrogens with zero attached hydrogens (tertiary/aromatic N) is 1. The predicted octanol–water partition coefficient (Wildman–Crippen LogP) is -5.01. The summed E-state index contributed by atoms with van der Waals surface area (Å²) in [5, 5.41) is 8.60. The van der Waals surface area contributed by atoms with Gasteiger partial charge in [0.25, 0.3) is 0 Å². The van der Waals surface area contributed by atoms with Crippen molar-refractivity contribution in [2.24, 2.45) is 5.92 Å². The van der Waals surface area contributed by atoms with Gasteiger partial charge in [-0.2, -0.15) is 5.26 Å². The van der Waals surface area contributed by atoms with Gasteiger partial charge in [0.2, 0.25) is 0 Å². The summed E-state index contributed by atoms with van der Waals surface area (Å²) < 4.78 is 15.9. The molecule has 0 aromatic heterocycles. The van der Waals surface area contributed by atoms with Crippen molar-refractivity contribution in [3.63, 3.8) is 0 Å². The molecular formula is C10H18NNa2O4P. The molecule has 0 amide bonds. The maximum atomic E-state index is 10.8. The zero-order valence-corrected chi connectivity index (χ0v) is 17.0. The van der Waals surface area contributed by atoms with Crippen LogP contribution in [0.25, 0.3) is 0 Å². The molecule has 94 valence electrons. The van der Waals surface area contributed by atoms with Gasteiger partial charge in [-0.15, -0.1) is 0 Å². The number of hydrogen-bond donors (Lipinski definition) is 0. The molecule has 0 heterocycles. The molecular weight excluding hydrogens is 275 g/mol. The van der Waals surface area contributed by atoms with Crippen LogP contribution in [-0.2, 0) is 9.30 Å². The van der Waals surface area contributed by atoms with E-state index >= 15 is 0 Å². The van der Waals surface area contributed by atoms with E-state index in [9.17, 15) is 14.4 Å². The monoisotopic (exact) mass is 293 g/mol. The van der Waals surface area contributed by atoms with Gasteiger partial charge in [-0.25, -0.2) is 0 Å². The molecule has 0 aromatic carbocycles. The summed E-state index contributed by atoms with van der Waals surface area (Å²) in [7, 11) is -5.02. The van der Waals surface area contributed by atoms with E-state index in [2.05, 4.69) is 0 Å². The topological polar surface area (TPSA) is 96.2 Å². The number of hydrogen-bond acceptors (Lipinski definition) is 5. The van der Waals surface area contributed by atoms with Crippen LogP contribution in [0.4, 0.5) is 0 Å². The van der Waals surface area contributed by atoms with Gasteiger partial charge in [0.15, 0.2) is 5.85 Å². The zero-order chi connectivity index (χ0) is 13.0. The molecule has 0 aliphatic heterocycles. The molecule has 0 rings (SSSR count). The molecule has 18 heavy (non-hydrogen) atoms. The third-order valence-corrected chi connectivity index (χ3v) is 3.58. The summed E-state index contributed by atoms with van der Waals surface area (Å²) in [6.07, 6.45) is 1.59. The fraction of sp³-hybridized carbons (Fsp3) is 0.900. The minimum atomic E-state index is -5.02. The average molecular weight is 293 g/mol. The van der Waals surface area contributed by atoms with Crippen molar-refractivity contribution >= 4 is 7.60 Å². The van der Waals surface area contributed by atoms with E-state index in [1.54, 1.807) is 13.8 Å². The number of rotatable bonds is 6. The van der Waals surface area contributed by atoms with Crippen LogP contribution < -0.4 is 68.9 Å². The minimum Gasteiger partial charge on any atom is -0.808 e. The van der Waals surface area contributed by atoms with Crippen LogP contribution in [-0.4, -0.2) is 11.4 Å². The average Bonchev–Trinajstić information content (AvgIpc) is 2.14. The molecule has 0 fully saturated rings. The van der Waals surface area contributed by atoms with Gasteiger partial charge in [0, 0.05) is 0 Å². The summed E-state index contributed by atoms with van der Waals surface area (Å²) in [4.78, 5) is 21.5. The van der Waals surface area contributed by atoms with Crippen molar-refractivity contribution in [1.29, 1.82) is 5.26 Å².